The number of nitrogens with zero attached hydrogens (tertiary/aromatic N) is 3. The second-order valence-electron chi connectivity index (χ2n) is 8.18. The summed E-state index contributed by atoms with van der Waals surface area (Å²) in [5.41, 5.74) is 5.22. The number of carbonyl (C=O) groups excluding carboxylic acids is 1. The van der Waals surface area contributed by atoms with Crippen molar-refractivity contribution in [3.63, 3.8) is 0 Å². The lowest BCUT2D eigenvalue weighted by molar-refractivity contribution is -0.117. The van der Waals surface area contributed by atoms with Gasteiger partial charge in [-0.05, 0) is 47.9 Å². The highest BCUT2D eigenvalue weighted by molar-refractivity contribution is 6.42. The molecule has 1 fully saturated rings. The molecule has 6 heteroatoms. The summed E-state index contributed by atoms with van der Waals surface area (Å²) in [5.74, 6) is 1.09. The van der Waals surface area contributed by atoms with Crippen LogP contribution in [0.1, 0.15) is 36.2 Å². The fourth-order valence-corrected chi connectivity index (χ4v) is 4.90. The molecule has 32 heavy (non-hydrogen) atoms. The van der Waals surface area contributed by atoms with E-state index < -0.39 is 0 Å². The molecule has 0 bridgehead atoms. The number of imidazole rings is 1. The van der Waals surface area contributed by atoms with Gasteiger partial charge in [0.2, 0.25) is 5.91 Å². The van der Waals surface area contributed by atoms with E-state index in [0.717, 1.165) is 34.5 Å². The Kier molecular flexibility index (Phi) is 5.66. The minimum Gasteiger partial charge on any atom is -0.323 e. The first-order chi connectivity index (χ1) is 15.5. The number of amides is 1. The first-order valence-corrected chi connectivity index (χ1v) is 11.6. The molecule has 4 aromatic rings. The van der Waals surface area contributed by atoms with Gasteiger partial charge in [0, 0.05) is 31.1 Å². The van der Waals surface area contributed by atoms with Crippen molar-refractivity contribution in [3.05, 3.63) is 93.7 Å². The maximum Gasteiger partial charge on any atom is 0.227 e. The van der Waals surface area contributed by atoms with Crippen LogP contribution in [0, 0.1) is 0 Å². The third kappa shape index (κ3) is 3.78. The minimum atomic E-state index is 0.0163. The zero-order valence-electron chi connectivity index (χ0n) is 17.8. The van der Waals surface area contributed by atoms with Crippen LogP contribution < -0.4 is 4.90 Å². The lowest BCUT2D eigenvalue weighted by atomic mass is 10.1. The van der Waals surface area contributed by atoms with Crippen molar-refractivity contribution in [2.24, 2.45) is 0 Å². The predicted octanol–water partition coefficient (Wildman–Crippen LogP) is 6.47. The summed E-state index contributed by atoms with van der Waals surface area (Å²) in [6.07, 6.45) is 1.34. The number of carbonyl (C=O) groups is 1. The number of hydrogen-bond acceptors (Lipinski definition) is 2. The van der Waals surface area contributed by atoms with Crippen LogP contribution in [-0.2, 0) is 17.8 Å². The molecule has 1 saturated heterocycles. The highest BCUT2D eigenvalue weighted by Gasteiger charge is 2.35. The summed E-state index contributed by atoms with van der Waals surface area (Å²) in [7, 11) is 0. The van der Waals surface area contributed by atoms with Gasteiger partial charge in [0.1, 0.15) is 5.82 Å². The number of rotatable bonds is 5. The molecule has 0 saturated carbocycles. The number of aromatic nitrogens is 2. The Hall–Kier alpha value is -2.82. The minimum absolute atomic E-state index is 0.0163. The third-order valence-electron chi connectivity index (χ3n) is 6.16. The summed E-state index contributed by atoms with van der Waals surface area (Å²) in [4.78, 5) is 19.9. The number of hydrogen-bond donors (Lipinski definition) is 0. The summed E-state index contributed by atoms with van der Waals surface area (Å²) >= 11 is 12.4. The zero-order chi connectivity index (χ0) is 22.2. The molecule has 0 N–H and O–H groups in total. The van der Waals surface area contributed by atoms with Crippen molar-refractivity contribution in [2.75, 3.05) is 11.4 Å². The van der Waals surface area contributed by atoms with Gasteiger partial charge in [-0.25, -0.2) is 4.98 Å². The topological polar surface area (TPSA) is 38.1 Å². The van der Waals surface area contributed by atoms with E-state index in [1.165, 1.54) is 5.56 Å². The highest BCUT2D eigenvalue weighted by Crippen LogP contribution is 2.35. The van der Waals surface area contributed by atoms with Crippen molar-refractivity contribution in [1.82, 2.24) is 9.55 Å². The average Bonchev–Trinajstić information content (AvgIpc) is 3.37. The monoisotopic (exact) mass is 463 g/mol. The van der Waals surface area contributed by atoms with Crippen molar-refractivity contribution in [1.29, 1.82) is 0 Å². The number of halogens is 2. The van der Waals surface area contributed by atoms with E-state index in [1.54, 1.807) is 0 Å². The van der Waals surface area contributed by atoms with Gasteiger partial charge in [0.25, 0.3) is 0 Å². The largest absolute Gasteiger partial charge is 0.323 e. The number of aryl methyl sites for hydroxylation is 1. The fourth-order valence-electron chi connectivity index (χ4n) is 4.58. The third-order valence-corrected chi connectivity index (χ3v) is 6.90. The van der Waals surface area contributed by atoms with Gasteiger partial charge in [-0.15, -0.1) is 0 Å². The molecule has 5 rings (SSSR count). The molecule has 3 aromatic carbocycles. The van der Waals surface area contributed by atoms with E-state index in [2.05, 4.69) is 23.6 Å². The van der Waals surface area contributed by atoms with Gasteiger partial charge < -0.3 is 9.47 Å². The summed E-state index contributed by atoms with van der Waals surface area (Å²) in [5, 5.41) is 1.08. The molecule has 1 aromatic heterocycles. The van der Waals surface area contributed by atoms with Crippen LogP contribution in [-0.4, -0.2) is 22.0 Å². The van der Waals surface area contributed by atoms with Crippen molar-refractivity contribution < 1.29 is 4.79 Å². The Morgan fingerprint density at radius 3 is 2.59 bits per heavy atom. The SMILES string of the molecule is CCc1ccccc1N1CC(c2nc3ccccc3n2Cc2ccc(Cl)c(Cl)c2)CC1=O. The van der Waals surface area contributed by atoms with Crippen LogP contribution in [0.5, 0.6) is 0 Å². The van der Waals surface area contributed by atoms with Crippen LogP contribution in [0.2, 0.25) is 10.0 Å². The van der Waals surface area contributed by atoms with Crippen LogP contribution in [0.3, 0.4) is 0 Å². The summed E-state index contributed by atoms with van der Waals surface area (Å²) in [6, 6.07) is 22.0. The Labute approximate surface area is 197 Å². The Morgan fingerprint density at radius 1 is 1.00 bits per heavy atom. The number of fused-ring (bicyclic) bond motifs is 1. The van der Waals surface area contributed by atoms with Gasteiger partial charge >= 0.3 is 0 Å². The lowest BCUT2D eigenvalue weighted by Gasteiger charge is -2.20. The molecular weight excluding hydrogens is 441 g/mol. The highest BCUT2D eigenvalue weighted by atomic mass is 35.5. The lowest BCUT2D eigenvalue weighted by Crippen LogP contribution is -2.25. The number of para-hydroxylation sites is 3. The van der Waals surface area contributed by atoms with E-state index in [9.17, 15) is 4.79 Å². The normalized spacial score (nSPS) is 16.3. The molecule has 1 unspecified atom stereocenters. The molecule has 1 aliphatic rings. The summed E-state index contributed by atoms with van der Waals surface area (Å²) < 4.78 is 2.21. The van der Waals surface area contributed by atoms with E-state index in [-0.39, 0.29) is 11.8 Å². The fraction of sp³-hybridized carbons (Fsp3) is 0.231. The van der Waals surface area contributed by atoms with Crippen LogP contribution >= 0.6 is 23.2 Å². The van der Waals surface area contributed by atoms with Gasteiger partial charge in [0.05, 0.1) is 21.1 Å². The van der Waals surface area contributed by atoms with E-state index in [0.29, 0.717) is 29.6 Å². The molecule has 0 radical (unpaired) electrons. The van der Waals surface area contributed by atoms with Crippen LogP contribution in [0.25, 0.3) is 11.0 Å². The second-order valence-corrected chi connectivity index (χ2v) is 9.00. The standard InChI is InChI=1S/C26H23Cl2N3O/c1-2-18-7-3-5-9-23(18)30-16-19(14-25(30)32)26-29-22-8-4-6-10-24(22)31(26)15-17-11-12-20(27)21(28)13-17/h3-13,19H,2,14-16H2,1H3. The average molecular weight is 464 g/mol. The first-order valence-electron chi connectivity index (χ1n) is 10.8. The van der Waals surface area contributed by atoms with Gasteiger partial charge in [-0.2, -0.15) is 0 Å². The van der Waals surface area contributed by atoms with E-state index in [1.807, 2.05) is 59.5 Å². The molecule has 0 aliphatic carbocycles. The molecule has 0 spiro atoms. The molecule has 1 amide bonds. The van der Waals surface area contributed by atoms with Crippen molar-refractivity contribution in [2.45, 2.75) is 32.2 Å². The van der Waals surface area contributed by atoms with Crippen LogP contribution in [0.15, 0.2) is 66.7 Å². The van der Waals surface area contributed by atoms with Gasteiger partial charge in [0.15, 0.2) is 0 Å². The van der Waals surface area contributed by atoms with Crippen molar-refractivity contribution in [3.8, 4) is 0 Å². The molecule has 1 aliphatic heterocycles. The maximum absolute atomic E-state index is 13.1. The Bertz CT molecular complexity index is 1310. The van der Waals surface area contributed by atoms with E-state index >= 15 is 0 Å². The quantitative estimate of drug-likeness (QED) is 0.339. The Balaban J connectivity index is 1.53. The second kappa shape index (κ2) is 8.61. The molecule has 162 valence electrons. The molecule has 2 heterocycles. The molecule has 4 nitrogen and oxygen atoms in total. The Morgan fingerprint density at radius 2 is 1.78 bits per heavy atom. The van der Waals surface area contributed by atoms with Gasteiger partial charge in [-0.3, -0.25) is 4.79 Å². The van der Waals surface area contributed by atoms with Gasteiger partial charge in [-0.1, -0.05) is 66.5 Å². The van der Waals surface area contributed by atoms with Crippen molar-refractivity contribution >= 4 is 45.8 Å². The number of benzene rings is 3. The number of anilines is 1. The molecule has 1 atom stereocenters. The molecular formula is C26H23Cl2N3O. The van der Waals surface area contributed by atoms with Crippen LogP contribution in [0.4, 0.5) is 5.69 Å². The first kappa shape index (κ1) is 21.0. The maximum atomic E-state index is 13.1. The summed E-state index contributed by atoms with van der Waals surface area (Å²) in [6.45, 7) is 3.36. The predicted molar refractivity (Wildman–Crippen MR) is 131 cm³/mol. The smallest absolute Gasteiger partial charge is 0.227 e. The van der Waals surface area contributed by atoms with E-state index in [4.69, 9.17) is 28.2 Å². The zero-order valence-corrected chi connectivity index (χ0v) is 19.3.